The molecule has 1 N–H and O–H groups in total. The number of para-hydroxylation sites is 1. The Morgan fingerprint density at radius 3 is 2.35 bits per heavy atom. The lowest BCUT2D eigenvalue weighted by Gasteiger charge is -2.14. The quantitative estimate of drug-likeness (QED) is 0.812. The molecule has 0 spiro atoms. The molecular weight excluding hydrogens is 351 g/mol. The van der Waals surface area contributed by atoms with E-state index >= 15 is 0 Å². The van der Waals surface area contributed by atoms with Crippen LogP contribution in [0.1, 0.15) is 11.1 Å². The van der Waals surface area contributed by atoms with Gasteiger partial charge < -0.3 is 19.5 Å². The first-order valence-corrected chi connectivity index (χ1v) is 7.63. The molecule has 0 unspecified atom stereocenters. The molecule has 0 aliphatic rings. The first-order valence-electron chi connectivity index (χ1n) is 7.63. The molecule has 140 valence electrons. The van der Waals surface area contributed by atoms with Crippen LogP contribution in [0.15, 0.2) is 42.5 Å². The van der Waals surface area contributed by atoms with E-state index in [1.54, 1.807) is 24.3 Å². The van der Waals surface area contributed by atoms with Gasteiger partial charge >= 0.3 is 6.36 Å². The third-order valence-electron chi connectivity index (χ3n) is 3.49. The van der Waals surface area contributed by atoms with Gasteiger partial charge in [0.15, 0.2) is 11.5 Å². The number of nitrogens with one attached hydrogen (secondary N) is 1. The summed E-state index contributed by atoms with van der Waals surface area (Å²) >= 11 is 0. The molecule has 0 saturated carbocycles. The molecule has 0 bridgehead atoms. The van der Waals surface area contributed by atoms with Crippen molar-refractivity contribution in [1.29, 1.82) is 0 Å². The maximum atomic E-state index is 12.4. The minimum absolute atomic E-state index is 0.0443. The summed E-state index contributed by atoms with van der Waals surface area (Å²) in [5.41, 5.74) is 0.908. The van der Waals surface area contributed by atoms with Gasteiger partial charge in [-0.3, -0.25) is 4.79 Å². The van der Waals surface area contributed by atoms with Crippen LogP contribution in [0.4, 0.5) is 13.2 Å². The lowest BCUT2D eigenvalue weighted by atomic mass is 10.1. The lowest BCUT2D eigenvalue weighted by molar-refractivity contribution is -0.274. The van der Waals surface area contributed by atoms with Gasteiger partial charge in [0.2, 0.25) is 5.91 Å². The van der Waals surface area contributed by atoms with Crippen molar-refractivity contribution in [2.24, 2.45) is 0 Å². The maximum Gasteiger partial charge on any atom is 0.573 e. The average Bonchev–Trinajstić information content (AvgIpc) is 2.59. The van der Waals surface area contributed by atoms with Crippen molar-refractivity contribution >= 4 is 5.91 Å². The molecule has 2 rings (SSSR count). The molecule has 2 aromatic carbocycles. The van der Waals surface area contributed by atoms with E-state index in [1.807, 2.05) is 0 Å². The van der Waals surface area contributed by atoms with Crippen LogP contribution in [0.5, 0.6) is 17.2 Å². The van der Waals surface area contributed by atoms with Gasteiger partial charge in [0.25, 0.3) is 0 Å². The SMILES string of the molecule is COc1ccc(CC(=O)NCc2ccccc2OC(F)(F)F)cc1OC. The van der Waals surface area contributed by atoms with Gasteiger partial charge in [0.05, 0.1) is 20.6 Å². The summed E-state index contributed by atoms with van der Waals surface area (Å²) in [6, 6.07) is 10.7. The third-order valence-corrected chi connectivity index (χ3v) is 3.49. The van der Waals surface area contributed by atoms with E-state index in [0.717, 1.165) is 0 Å². The second-order valence-electron chi connectivity index (χ2n) is 5.30. The third kappa shape index (κ3) is 5.58. The molecule has 0 aliphatic carbocycles. The van der Waals surface area contributed by atoms with Crippen molar-refractivity contribution in [2.45, 2.75) is 19.3 Å². The van der Waals surface area contributed by atoms with Crippen molar-refractivity contribution in [3.05, 3.63) is 53.6 Å². The molecule has 0 radical (unpaired) electrons. The summed E-state index contributed by atoms with van der Waals surface area (Å²) in [4.78, 5) is 12.1. The summed E-state index contributed by atoms with van der Waals surface area (Å²) in [5, 5.41) is 2.58. The summed E-state index contributed by atoms with van der Waals surface area (Å²) in [5.74, 6) is 0.335. The Bertz CT molecular complexity index is 762. The number of hydrogen-bond donors (Lipinski definition) is 1. The van der Waals surface area contributed by atoms with Crippen molar-refractivity contribution in [3.63, 3.8) is 0 Å². The largest absolute Gasteiger partial charge is 0.573 e. The highest BCUT2D eigenvalue weighted by Crippen LogP contribution is 2.28. The van der Waals surface area contributed by atoms with Crippen LogP contribution in [0.3, 0.4) is 0 Å². The van der Waals surface area contributed by atoms with E-state index in [2.05, 4.69) is 10.1 Å². The van der Waals surface area contributed by atoms with Gasteiger partial charge in [-0.1, -0.05) is 24.3 Å². The van der Waals surface area contributed by atoms with Crippen molar-refractivity contribution in [1.82, 2.24) is 5.32 Å². The monoisotopic (exact) mass is 369 g/mol. The second kappa shape index (κ2) is 8.46. The first kappa shape index (κ1) is 19.4. The molecule has 0 atom stereocenters. The average molecular weight is 369 g/mol. The zero-order chi connectivity index (χ0) is 19.2. The number of methoxy groups -OCH3 is 2. The highest BCUT2D eigenvalue weighted by Gasteiger charge is 2.31. The normalized spacial score (nSPS) is 11.0. The number of halogens is 3. The fraction of sp³-hybridized carbons (Fsp3) is 0.278. The molecule has 1 amide bonds. The van der Waals surface area contributed by atoms with E-state index in [9.17, 15) is 18.0 Å². The lowest BCUT2D eigenvalue weighted by Crippen LogP contribution is -2.25. The number of alkyl halides is 3. The predicted molar refractivity (Wildman–Crippen MR) is 88.2 cm³/mol. The zero-order valence-electron chi connectivity index (χ0n) is 14.2. The number of carbonyl (C=O) groups excluding carboxylic acids is 1. The Morgan fingerprint density at radius 1 is 1.00 bits per heavy atom. The molecule has 26 heavy (non-hydrogen) atoms. The number of hydrogen-bond acceptors (Lipinski definition) is 4. The molecule has 0 fully saturated rings. The van der Waals surface area contributed by atoms with E-state index < -0.39 is 6.36 Å². The molecule has 2 aromatic rings. The van der Waals surface area contributed by atoms with Crippen LogP contribution in [0, 0.1) is 0 Å². The van der Waals surface area contributed by atoms with Crippen LogP contribution in [-0.4, -0.2) is 26.5 Å². The fourth-order valence-corrected chi connectivity index (χ4v) is 2.31. The maximum absolute atomic E-state index is 12.4. The van der Waals surface area contributed by atoms with Crippen LogP contribution < -0.4 is 19.5 Å². The molecule has 0 aliphatic heterocycles. The Morgan fingerprint density at radius 2 is 1.69 bits per heavy atom. The topological polar surface area (TPSA) is 56.8 Å². The molecule has 0 heterocycles. The zero-order valence-corrected chi connectivity index (χ0v) is 14.2. The van der Waals surface area contributed by atoms with Crippen molar-refractivity contribution < 1.29 is 32.2 Å². The van der Waals surface area contributed by atoms with E-state index in [-0.39, 0.29) is 30.2 Å². The number of carbonyl (C=O) groups is 1. The van der Waals surface area contributed by atoms with E-state index in [4.69, 9.17) is 9.47 Å². The summed E-state index contributed by atoms with van der Waals surface area (Å²) in [6.07, 6.45) is -4.75. The van der Waals surface area contributed by atoms with Crippen LogP contribution in [0.2, 0.25) is 0 Å². The van der Waals surface area contributed by atoms with Gasteiger partial charge in [-0.25, -0.2) is 0 Å². The van der Waals surface area contributed by atoms with Gasteiger partial charge in [0, 0.05) is 12.1 Å². The predicted octanol–water partition coefficient (Wildman–Crippen LogP) is 3.46. The smallest absolute Gasteiger partial charge is 0.493 e. The Balaban J connectivity index is 1.99. The van der Waals surface area contributed by atoms with Crippen molar-refractivity contribution in [3.8, 4) is 17.2 Å². The van der Waals surface area contributed by atoms with Crippen LogP contribution in [0.25, 0.3) is 0 Å². The number of ether oxygens (including phenoxy) is 3. The number of rotatable bonds is 7. The summed E-state index contributed by atoms with van der Waals surface area (Å²) in [6.45, 7) is -0.0849. The van der Waals surface area contributed by atoms with Gasteiger partial charge in [-0.05, 0) is 23.8 Å². The molecule has 0 saturated heterocycles. The number of amides is 1. The van der Waals surface area contributed by atoms with Gasteiger partial charge in [0.1, 0.15) is 5.75 Å². The molecule has 5 nitrogen and oxygen atoms in total. The minimum atomic E-state index is -4.79. The van der Waals surface area contributed by atoms with Crippen molar-refractivity contribution in [2.75, 3.05) is 14.2 Å². The van der Waals surface area contributed by atoms with Gasteiger partial charge in [-0.2, -0.15) is 0 Å². The van der Waals surface area contributed by atoms with Crippen LogP contribution in [-0.2, 0) is 17.8 Å². The Kier molecular flexibility index (Phi) is 6.32. The minimum Gasteiger partial charge on any atom is -0.493 e. The van der Waals surface area contributed by atoms with Gasteiger partial charge in [-0.15, -0.1) is 13.2 Å². The highest BCUT2D eigenvalue weighted by atomic mass is 19.4. The van der Waals surface area contributed by atoms with Crippen LogP contribution >= 0.6 is 0 Å². The Hall–Kier alpha value is -2.90. The summed E-state index contributed by atoms with van der Waals surface area (Å²) in [7, 11) is 2.99. The first-order chi connectivity index (χ1) is 12.3. The second-order valence-corrected chi connectivity index (χ2v) is 5.30. The Labute approximate surface area is 148 Å². The number of benzene rings is 2. The molecule has 8 heteroatoms. The van der Waals surface area contributed by atoms with E-state index in [0.29, 0.717) is 17.1 Å². The van der Waals surface area contributed by atoms with E-state index in [1.165, 1.54) is 32.4 Å². The standard InChI is InChI=1S/C18H18F3NO4/c1-24-15-8-7-12(9-16(15)25-2)10-17(23)22-11-13-5-3-4-6-14(13)26-18(19,20)21/h3-9H,10-11H2,1-2H3,(H,22,23). The molecular formula is C18H18F3NO4. The summed E-state index contributed by atoms with van der Waals surface area (Å²) < 4.78 is 51.5. The highest BCUT2D eigenvalue weighted by molar-refractivity contribution is 5.78. The fourth-order valence-electron chi connectivity index (χ4n) is 2.31. The molecule has 0 aromatic heterocycles.